The molecule has 14 heavy (non-hydrogen) atoms. The van der Waals surface area contributed by atoms with Crippen LogP contribution in [0.25, 0.3) is 0 Å². The third-order valence-corrected chi connectivity index (χ3v) is 3.60. The van der Waals surface area contributed by atoms with E-state index in [1.165, 1.54) is 15.6 Å². The smallest absolute Gasteiger partial charge is 0.0731 e. The van der Waals surface area contributed by atoms with Gasteiger partial charge in [-0.3, -0.25) is 0 Å². The first kappa shape index (κ1) is 8.30. The predicted octanol–water partition coefficient (Wildman–Crippen LogP) is 3.39. The molecule has 0 fully saturated rings. The van der Waals surface area contributed by atoms with E-state index in [1.807, 2.05) is 0 Å². The first-order valence-electron chi connectivity index (χ1n) is 4.74. The van der Waals surface area contributed by atoms with Crippen LogP contribution in [-0.2, 0) is 6.54 Å². The highest BCUT2D eigenvalue weighted by molar-refractivity contribution is 9.10. The molecule has 2 aliphatic rings. The second-order valence-corrected chi connectivity index (χ2v) is 4.51. The van der Waals surface area contributed by atoms with Crippen LogP contribution >= 0.6 is 15.9 Å². The lowest BCUT2D eigenvalue weighted by Crippen LogP contribution is -2.15. The molecule has 0 spiro atoms. The molecule has 0 aliphatic carbocycles. The normalized spacial score (nSPS) is 22.4. The monoisotopic (exact) mass is 247 g/mol. The standard InChI is InChI=1S/C12H10BrN/c13-11-5-3-4-9-10(11)8-14-7-2-1-6-12(9)14/h1-7,12H,8H2. The Morgan fingerprint density at radius 2 is 2.21 bits per heavy atom. The molecule has 0 saturated carbocycles. The van der Waals surface area contributed by atoms with Gasteiger partial charge in [-0.05, 0) is 23.3 Å². The highest BCUT2D eigenvalue weighted by atomic mass is 79.9. The van der Waals surface area contributed by atoms with Crippen molar-refractivity contribution in [2.24, 2.45) is 0 Å². The van der Waals surface area contributed by atoms with Crippen LogP contribution in [0, 0.1) is 0 Å². The Kier molecular flexibility index (Phi) is 1.77. The third kappa shape index (κ3) is 1.07. The zero-order valence-electron chi connectivity index (χ0n) is 7.65. The highest BCUT2D eigenvalue weighted by Crippen LogP contribution is 2.39. The van der Waals surface area contributed by atoms with Gasteiger partial charge in [0, 0.05) is 17.2 Å². The van der Waals surface area contributed by atoms with Gasteiger partial charge in [-0.25, -0.2) is 0 Å². The van der Waals surface area contributed by atoms with Crippen LogP contribution in [0.1, 0.15) is 17.2 Å². The van der Waals surface area contributed by atoms with Crippen LogP contribution < -0.4 is 0 Å². The number of benzene rings is 1. The Balaban J connectivity index is 2.15. The summed E-state index contributed by atoms with van der Waals surface area (Å²) in [5.41, 5.74) is 2.86. The third-order valence-electron chi connectivity index (χ3n) is 2.85. The zero-order valence-corrected chi connectivity index (χ0v) is 9.24. The molecule has 1 nitrogen and oxygen atoms in total. The molecular weight excluding hydrogens is 238 g/mol. The molecule has 2 aliphatic heterocycles. The van der Waals surface area contributed by atoms with Crippen molar-refractivity contribution in [3.63, 3.8) is 0 Å². The van der Waals surface area contributed by atoms with Crippen molar-refractivity contribution in [3.8, 4) is 0 Å². The van der Waals surface area contributed by atoms with E-state index in [4.69, 9.17) is 0 Å². The quantitative estimate of drug-likeness (QED) is 0.680. The van der Waals surface area contributed by atoms with E-state index >= 15 is 0 Å². The van der Waals surface area contributed by atoms with Crippen molar-refractivity contribution in [1.82, 2.24) is 4.90 Å². The van der Waals surface area contributed by atoms with Crippen LogP contribution in [-0.4, -0.2) is 4.90 Å². The number of halogens is 1. The first-order valence-corrected chi connectivity index (χ1v) is 5.53. The molecule has 0 N–H and O–H groups in total. The number of rotatable bonds is 0. The van der Waals surface area contributed by atoms with E-state index < -0.39 is 0 Å². The van der Waals surface area contributed by atoms with Crippen molar-refractivity contribution < 1.29 is 0 Å². The molecule has 0 aromatic heterocycles. The van der Waals surface area contributed by atoms with Gasteiger partial charge in [0.25, 0.3) is 0 Å². The summed E-state index contributed by atoms with van der Waals surface area (Å²) in [6.07, 6.45) is 8.63. The minimum atomic E-state index is 0.451. The van der Waals surface area contributed by atoms with Gasteiger partial charge in [0.05, 0.1) is 6.04 Å². The minimum absolute atomic E-state index is 0.451. The molecular formula is C12H10BrN. The summed E-state index contributed by atoms with van der Waals surface area (Å²) in [5.74, 6) is 0. The Labute approximate surface area is 91.9 Å². The number of nitrogens with zero attached hydrogens (tertiary/aromatic N) is 1. The molecule has 2 heteroatoms. The van der Waals surface area contributed by atoms with Crippen LogP contribution in [0.4, 0.5) is 0 Å². The Bertz CT molecular complexity index is 434. The van der Waals surface area contributed by atoms with Crippen LogP contribution in [0.15, 0.2) is 47.1 Å². The van der Waals surface area contributed by atoms with E-state index in [0.29, 0.717) is 6.04 Å². The molecule has 1 unspecified atom stereocenters. The van der Waals surface area contributed by atoms with E-state index in [2.05, 4.69) is 63.5 Å². The predicted molar refractivity (Wildman–Crippen MR) is 60.7 cm³/mol. The van der Waals surface area contributed by atoms with Crippen molar-refractivity contribution >= 4 is 15.9 Å². The molecule has 2 heterocycles. The second-order valence-electron chi connectivity index (χ2n) is 3.65. The highest BCUT2D eigenvalue weighted by Gasteiger charge is 2.27. The fourth-order valence-corrected chi connectivity index (χ4v) is 2.68. The molecule has 3 rings (SSSR count). The summed E-state index contributed by atoms with van der Waals surface area (Å²) < 4.78 is 1.23. The van der Waals surface area contributed by atoms with E-state index in [1.54, 1.807) is 0 Å². The van der Waals surface area contributed by atoms with Gasteiger partial charge >= 0.3 is 0 Å². The SMILES string of the molecule is Brc1cccc2c1CN1C=CC=CC21. The van der Waals surface area contributed by atoms with Gasteiger partial charge in [0.1, 0.15) is 0 Å². The fourth-order valence-electron chi connectivity index (χ4n) is 2.17. The Hall–Kier alpha value is -1.02. The maximum absolute atomic E-state index is 3.61. The fraction of sp³-hybridized carbons (Fsp3) is 0.167. The number of fused-ring (bicyclic) bond motifs is 3. The van der Waals surface area contributed by atoms with Crippen molar-refractivity contribution in [3.05, 3.63) is 58.2 Å². The topological polar surface area (TPSA) is 3.24 Å². The van der Waals surface area contributed by atoms with E-state index in [9.17, 15) is 0 Å². The van der Waals surface area contributed by atoms with Gasteiger partial charge < -0.3 is 4.90 Å². The molecule has 0 radical (unpaired) electrons. The summed E-state index contributed by atoms with van der Waals surface area (Å²) in [5, 5.41) is 0. The van der Waals surface area contributed by atoms with Crippen molar-refractivity contribution in [1.29, 1.82) is 0 Å². The molecule has 0 amide bonds. The second kappa shape index (κ2) is 2.99. The van der Waals surface area contributed by atoms with Gasteiger partial charge in [-0.2, -0.15) is 0 Å². The van der Waals surface area contributed by atoms with Crippen LogP contribution in [0.5, 0.6) is 0 Å². The summed E-state index contributed by atoms with van der Waals surface area (Å²) >= 11 is 3.61. The number of hydrogen-bond donors (Lipinski definition) is 0. The molecule has 0 saturated heterocycles. The Morgan fingerprint density at radius 1 is 1.29 bits per heavy atom. The largest absolute Gasteiger partial charge is 0.363 e. The average Bonchev–Trinajstić information content (AvgIpc) is 2.59. The molecule has 1 aromatic rings. The average molecular weight is 248 g/mol. The maximum atomic E-state index is 3.61. The van der Waals surface area contributed by atoms with Crippen molar-refractivity contribution in [2.45, 2.75) is 12.6 Å². The lowest BCUT2D eigenvalue weighted by atomic mass is 10.0. The Morgan fingerprint density at radius 3 is 3.14 bits per heavy atom. The lowest BCUT2D eigenvalue weighted by molar-refractivity contribution is 0.349. The molecule has 70 valence electrons. The summed E-state index contributed by atoms with van der Waals surface area (Å²) in [6, 6.07) is 6.89. The first-order chi connectivity index (χ1) is 6.86. The summed E-state index contributed by atoms with van der Waals surface area (Å²) in [6.45, 7) is 1.02. The van der Waals surface area contributed by atoms with Gasteiger partial charge in [-0.15, -0.1) is 0 Å². The zero-order chi connectivity index (χ0) is 9.54. The lowest BCUT2D eigenvalue weighted by Gasteiger charge is -2.22. The molecule has 1 aromatic carbocycles. The van der Waals surface area contributed by atoms with Gasteiger partial charge in [0.15, 0.2) is 0 Å². The summed E-state index contributed by atoms with van der Waals surface area (Å²) in [7, 11) is 0. The van der Waals surface area contributed by atoms with E-state index in [-0.39, 0.29) is 0 Å². The van der Waals surface area contributed by atoms with Crippen LogP contribution in [0.3, 0.4) is 0 Å². The van der Waals surface area contributed by atoms with Crippen molar-refractivity contribution in [2.75, 3.05) is 0 Å². The molecule has 0 bridgehead atoms. The van der Waals surface area contributed by atoms with Gasteiger partial charge in [-0.1, -0.05) is 40.2 Å². The molecule has 1 atom stereocenters. The number of hydrogen-bond acceptors (Lipinski definition) is 1. The minimum Gasteiger partial charge on any atom is -0.363 e. The van der Waals surface area contributed by atoms with Gasteiger partial charge in [0.2, 0.25) is 0 Å². The number of allylic oxidation sites excluding steroid dienone is 2. The maximum Gasteiger partial charge on any atom is 0.0731 e. The summed E-state index contributed by atoms with van der Waals surface area (Å²) in [4.78, 5) is 2.36. The van der Waals surface area contributed by atoms with E-state index in [0.717, 1.165) is 6.54 Å². The van der Waals surface area contributed by atoms with Crippen LogP contribution in [0.2, 0.25) is 0 Å².